The molecule has 0 saturated carbocycles. The van der Waals surface area contributed by atoms with Gasteiger partial charge in [0.2, 0.25) is 11.9 Å². The van der Waals surface area contributed by atoms with E-state index in [1.165, 1.54) is 7.11 Å². The lowest BCUT2D eigenvalue weighted by molar-refractivity contribution is 0.379. The summed E-state index contributed by atoms with van der Waals surface area (Å²) in [4.78, 5) is 12.4. The molecule has 2 unspecified atom stereocenters. The van der Waals surface area contributed by atoms with E-state index in [4.69, 9.17) is 4.74 Å². The number of aromatic nitrogens is 3. The standard InChI is InChI=1S/C11H21N5O2S/c1-5-12-9-14-10(16-11(15-9)18-3)13-7-6-8(2)19(4)17/h8H,5-7H2,1-4H3,(H2,12,13,14,15,16). The molecule has 19 heavy (non-hydrogen) atoms. The average molecular weight is 287 g/mol. The summed E-state index contributed by atoms with van der Waals surface area (Å²) >= 11 is 0. The van der Waals surface area contributed by atoms with E-state index in [-0.39, 0.29) is 11.3 Å². The molecule has 1 aromatic heterocycles. The van der Waals surface area contributed by atoms with Crippen molar-refractivity contribution in [3.63, 3.8) is 0 Å². The Labute approximate surface area is 116 Å². The lowest BCUT2D eigenvalue weighted by Crippen LogP contribution is -2.16. The summed E-state index contributed by atoms with van der Waals surface area (Å²) in [5, 5.41) is 6.24. The second-order valence-electron chi connectivity index (χ2n) is 4.02. The number of nitrogens with one attached hydrogen (secondary N) is 2. The van der Waals surface area contributed by atoms with Crippen LogP contribution >= 0.6 is 0 Å². The lowest BCUT2D eigenvalue weighted by Gasteiger charge is -2.10. The summed E-state index contributed by atoms with van der Waals surface area (Å²) in [6.45, 7) is 5.29. The maximum atomic E-state index is 11.2. The largest absolute Gasteiger partial charge is 0.467 e. The van der Waals surface area contributed by atoms with Crippen molar-refractivity contribution in [1.29, 1.82) is 0 Å². The van der Waals surface area contributed by atoms with E-state index >= 15 is 0 Å². The Morgan fingerprint density at radius 2 is 1.89 bits per heavy atom. The first-order valence-electron chi connectivity index (χ1n) is 6.16. The number of hydrogen-bond acceptors (Lipinski definition) is 7. The highest BCUT2D eigenvalue weighted by Crippen LogP contribution is 2.10. The average Bonchev–Trinajstić information content (AvgIpc) is 2.38. The maximum Gasteiger partial charge on any atom is 0.322 e. The van der Waals surface area contributed by atoms with Crippen molar-refractivity contribution in [3.8, 4) is 6.01 Å². The Balaban J connectivity index is 2.61. The molecule has 0 spiro atoms. The number of ether oxygens (including phenoxy) is 1. The lowest BCUT2D eigenvalue weighted by atomic mass is 10.3. The zero-order valence-electron chi connectivity index (χ0n) is 11.8. The van der Waals surface area contributed by atoms with Gasteiger partial charge in [-0.25, -0.2) is 0 Å². The molecular formula is C11H21N5O2S. The molecule has 0 radical (unpaired) electrons. The van der Waals surface area contributed by atoms with E-state index < -0.39 is 10.8 Å². The van der Waals surface area contributed by atoms with E-state index in [1.54, 1.807) is 6.26 Å². The zero-order valence-corrected chi connectivity index (χ0v) is 12.6. The minimum absolute atomic E-state index is 0.143. The van der Waals surface area contributed by atoms with Gasteiger partial charge in [0.15, 0.2) is 0 Å². The molecule has 1 aromatic rings. The van der Waals surface area contributed by atoms with Gasteiger partial charge in [0.1, 0.15) is 0 Å². The summed E-state index contributed by atoms with van der Waals surface area (Å²) in [7, 11) is 0.699. The fourth-order valence-electron chi connectivity index (χ4n) is 1.32. The first-order chi connectivity index (χ1) is 9.06. The number of hydrogen-bond donors (Lipinski definition) is 2. The van der Waals surface area contributed by atoms with Crippen molar-refractivity contribution >= 4 is 22.7 Å². The van der Waals surface area contributed by atoms with Gasteiger partial charge in [-0.15, -0.1) is 0 Å². The Morgan fingerprint density at radius 3 is 2.42 bits per heavy atom. The minimum Gasteiger partial charge on any atom is -0.467 e. The minimum atomic E-state index is -0.812. The summed E-state index contributed by atoms with van der Waals surface area (Å²) in [5.74, 6) is 0.931. The Bertz CT molecular complexity index is 430. The zero-order chi connectivity index (χ0) is 14.3. The predicted molar refractivity (Wildman–Crippen MR) is 77.2 cm³/mol. The third-order valence-corrected chi connectivity index (χ3v) is 3.90. The van der Waals surface area contributed by atoms with Crippen LogP contribution in [0.15, 0.2) is 0 Å². The molecule has 108 valence electrons. The molecule has 0 aliphatic rings. The van der Waals surface area contributed by atoms with Crippen LogP contribution in [0.5, 0.6) is 6.01 Å². The smallest absolute Gasteiger partial charge is 0.322 e. The molecule has 0 aliphatic heterocycles. The molecule has 2 N–H and O–H groups in total. The highest BCUT2D eigenvalue weighted by molar-refractivity contribution is 7.84. The van der Waals surface area contributed by atoms with E-state index in [2.05, 4.69) is 25.6 Å². The Kier molecular flexibility index (Phi) is 6.48. The summed E-state index contributed by atoms with van der Waals surface area (Å²) in [6, 6.07) is 0.264. The van der Waals surface area contributed by atoms with Gasteiger partial charge in [-0.05, 0) is 13.3 Å². The summed E-state index contributed by atoms with van der Waals surface area (Å²) in [5.41, 5.74) is 0. The SMILES string of the molecule is CCNc1nc(NCCC(C)S(C)=O)nc(OC)n1. The van der Waals surface area contributed by atoms with Crippen LogP contribution in [0, 0.1) is 0 Å². The topological polar surface area (TPSA) is 89.0 Å². The van der Waals surface area contributed by atoms with Crippen molar-refractivity contribution in [1.82, 2.24) is 15.0 Å². The van der Waals surface area contributed by atoms with Crippen LogP contribution in [-0.4, -0.2) is 50.9 Å². The maximum absolute atomic E-state index is 11.2. The molecule has 0 amide bonds. The predicted octanol–water partition coefficient (Wildman–Crippen LogP) is 0.881. The van der Waals surface area contributed by atoms with Crippen LogP contribution in [-0.2, 0) is 10.8 Å². The van der Waals surface area contributed by atoms with E-state index in [0.29, 0.717) is 18.4 Å². The molecule has 0 bridgehead atoms. The molecule has 1 rings (SSSR count). The van der Waals surface area contributed by atoms with Gasteiger partial charge in [0.25, 0.3) is 0 Å². The fourth-order valence-corrected chi connectivity index (χ4v) is 1.77. The Hall–Kier alpha value is -1.44. The molecule has 1 heterocycles. The van der Waals surface area contributed by atoms with Crippen LogP contribution in [0.1, 0.15) is 20.3 Å². The molecule has 0 aromatic carbocycles. The third kappa shape index (κ3) is 5.37. The molecule has 0 fully saturated rings. The molecule has 0 saturated heterocycles. The highest BCUT2D eigenvalue weighted by atomic mass is 32.2. The van der Waals surface area contributed by atoms with Gasteiger partial charge in [-0.1, -0.05) is 6.92 Å². The Morgan fingerprint density at radius 1 is 1.26 bits per heavy atom. The number of methoxy groups -OCH3 is 1. The van der Waals surface area contributed by atoms with Crippen LogP contribution in [0.3, 0.4) is 0 Å². The monoisotopic (exact) mass is 287 g/mol. The molecule has 2 atom stereocenters. The van der Waals surface area contributed by atoms with Gasteiger partial charge in [0.05, 0.1) is 7.11 Å². The molecule has 0 aliphatic carbocycles. The van der Waals surface area contributed by atoms with Crippen molar-refractivity contribution < 1.29 is 8.95 Å². The first-order valence-corrected chi connectivity index (χ1v) is 7.79. The van der Waals surface area contributed by atoms with Crippen LogP contribution in [0.25, 0.3) is 0 Å². The second-order valence-corrected chi connectivity index (χ2v) is 5.83. The van der Waals surface area contributed by atoms with Gasteiger partial charge < -0.3 is 15.4 Å². The van der Waals surface area contributed by atoms with Crippen LogP contribution in [0.4, 0.5) is 11.9 Å². The van der Waals surface area contributed by atoms with Crippen molar-refractivity contribution in [2.45, 2.75) is 25.5 Å². The third-order valence-electron chi connectivity index (χ3n) is 2.53. The summed E-state index contributed by atoms with van der Waals surface area (Å²) < 4.78 is 16.3. The molecular weight excluding hydrogens is 266 g/mol. The van der Waals surface area contributed by atoms with E-state index in [1.807, 2.05) is 13.8 Å². The number of rotatable bonds is 8. The van der Waals surface area contributed by atoms with Crippen molar-refractivity contribution in [2.75, 3.05) is 37.1 Å². The van der Waals surface area contributed by atoms with Gasteiger partial charge in [0, 0.05) is 35.4 Å². The van der Waals surface area contributed by atoms with E-state index in [0.717, 1.165) is 13.0 Å². The summed E-state index contributed by atoms with van der Waals surface area (Å²) in [6.07, 6.45) is 2.49. The van der Waals surface area contributed by atoms with Gasteiger partial charge >= 0.3 is 6.01 Å². The molecule has 8 heteroatoms. The van der Waals surface area contributed by atoms with Gasteiger partial charge in [-0.3, -0.25) is 4.21 Å². The normalized spacial score (nSPS) is 13.7. The first kappa shape index (κ1) is 15.6. The second kappa shape index (κ2) is 7.88. The van der Waals surface area contributed by atoms with Crippen LogP contribution in [0.2, 0.25) is 0 Å². The quantitative estimate of drug-likeness (QED) is 0.733. The van der Waals surface area contributed by atoms with Crippen molar-refractivity contribution in [3.05, 3.63) is 0 Å². The number of anilines is 2. The van der Waals surface area contributed by atoms with Gasteiger partial charge in [-0.2, -0.15) is 15.0 Å². The van der Waals surface area contributed by atoms with Crippen LogP contribution < -0.4 is 15.4 Å². The van der Waals surface area contributed by atoms with Crippen molar-refractivity contribution in [2.24, 2.45) is 0 Å². The highest BCUT2D eigenvalue weighted by Gasteiger charge is 2.08. The fraction of sp³-hybridized carbons (Fsp3) is 0.727. The number of nitrogens with zero attached hydrogens (tertiary/aromatic N) is 3. The van der Waals surface area contributed by atoms with E-state index in [9.17, 15) is 4.21 Å². The molecule has 7 nitrogen and oxygen atoms in total.